The van der Waals surface area contributed by atoms with Crippen LogP contribution in [-0.4, -0.2) is 47.7 Å². The van der Waals surface area contributed by atoms with Gasteiger partial charge in [0.15, 0.2) is 0 Å². The van der Waals surface area contributed by atoms with Crippen molar-refractivity contribution in [3.05, 3.63) is 138 Å². The van der Waals surface area contributed by atoms with Crippen LogP contribution in [0.4, 0.5) is 4.79 Å². The van der Waals surface area contributed by atoms with E-state index in [4.69, 9.17) is 4.74 Å². The van der Waals surface area contributed by atoms with Crippen LogP contribution in [0.25, 0.3) is 0 Å². The topological polar surface area (TPSA) is 78.9 Å². The molecule has 1 aromatic carbocycles. The normalized spacial score (nSPS) is 19.3. The fourth-order valence-corrected chi connectivity index (χ4v) is 5.76. The Morgan fingerprint density at radius 2 is 1.89 bits per heavy atom. The average Bonchev–Trinajstić information content (AvgIpc) is 3.45. The summed E-state index contributed by atoms with van der Waals surface area (Å²) in [5.41, 5.74) is 7.27. The molecule has 3 unspecified atom stereocenters. The van der Waals surface area contributed by atoms with Crippen molar-refractivity contribution in [2.45, 2.75) is 58.4 Å². The number of amides is 2. The van der Waals surface area contributed by atoms with E-state index in [1.807, 2.05) is 80.6 Å². The number of aliphatic hydroxyl groups is 1. The lowest BCUT2D eigenvalue weighted by Gasteiger charge is -2.28. The molecule has 0 aromatic heterocycles. The van der Waals surface area contributed by atoms with Crippen LogP contribution in [0.5, 0.6) is 0 Å². The van der Waals surface area contributed by atoms with Gasteiger partial charge in [-0.1, -0.05) is 105 Å². The van der Waals surface area contributed by atoms with Crippen LogP contribution in [0.3, 0.4) is 0 Å². The first-order valence-corrected chi connectivity index (χ1v) is 15.9. The molecule has 1 fully saturated rings. The third-order valence-corrected chi connectivity index (χ3v) is 8.16. The van der Waals surface area contributed by atoms with Crippen molar-refractivity contribution in [2.24, 2.45) is 11.8 Å². The molecule has 2 amide bonds. The highest BCUT2D eigenvalue weighted by atomic mass is 16.6. The summed E-state index contributed by atoms with van der Waals surface area (Å²) in [7, 11) is 0. The minimum Gasteiger partial charge on any atom is -0.411 e. The summed E-state index contributed by atoms with van der Waals surface area (Å²) in [4.78, 5) is 28.6. The van der Waals surface area contributed by atoms with E-state index in [1.165, 1.54) is 0 Å². The molecule has 0 heterocycles. The van der Waals surface area contributed by atoms with E-state index in [0.29, 0.717) is 19.5 Å². The van der Waals surface area contributed by atoms with Crippen LogP contribution in [0, 0.1) is 11.8 Å². The van der Waals surface area contributed by atoms with Gasteiger partial charge in [0.2, 0.25) is 5.91 Å². The van der Waals surface area contributed by atoms with Gasteiger partial charge in [-0.15, -0.1) is 5.73 Å². The van der Waals surface area contributed by atoms with Crippen LogP contribution in [-0.2, 0) is 16.0 Å². The summed E-state index contributed by atoms with van der Waals surface area (Å²) in [6.45, 7) is 11.9. The number of carbonyl (C=O) groups is 2. The summed E-state index contributed by atoms with van der Waals surface area (Å²) >= 11 is 0. The highest BCUT2D eigenvalue weighted by Crippen LogP contribution is 2.35. The molecule has 2 aliphatic rings. The van der Waals surface area contributed by atoms with Crippen molar-refractivity contribution >= 4 is 12.0 Å². The maximum Gasteiger partial charge on any atom is 0.415 e. The smallest absolute Gasteiger partial charge is 0.411 e. The molecule has 0 radical (unpaired) electrons. The third kappa shape index (κ3) is 11.2. The molecule has 1 aromatic rings. The van der Waals surface area contributed by atoms with Crippen molar-refractivity contribution < 1.29 is 19.4 Å². The summed E-state index contributed by atoms with van der Waals surface area (Å²) in [5, 5.41) is 13.2. The molecular formula is C39H48N2O4. The lowest BCUT2D eigenvalue weighted by atomic mass is 9.81. The van der Waals surface area contributed by atoms with Gasteiger partial charge in [0, 0.05) is 19.0 Å². The summed E-state index contributed by atoms with van der Waals surface area (Å²) in [6, 6.07) is 9.58. The van der Waals surface area contributed by atoms with Gasteiger partial charge in [0.05, 0.1) is 12.6 Å². The lowest BCUT2D eigenvalue weighted by molar-refractivity contribution is -0.127. The molecule has 3 atom stereocenters. The third-order valence-electron chi connectivity index (χ3n) is 8.16. The fraction of sp³-hybridized carbons (Fsp3) is 0.359. The van der Waals surface area contributed by atoms with Crippen molar-refractivity contribution in [2.75, 3.05) is 19.7 Å². The maximum absolute atomic E-state index is 13.7. The number of aliphatic hydroxyl groups excluding tert-OH is 1. The molecule has 45 heavy (non-hydrogen) atoms. The van der Waals surface area contributed by atoms with Gasteiger partial charge in [0.1, 0.15) is 5.76 Å². The summed E-state index contributed by atoms with van der Waals surface area (Å²) < 4.78 is 5.53. The van der Waals surface area contributed by atoms with E-state index in [1.54, 1.807) is 23.1 Å². The maximum atomic E-state index is 13.7. The predicted molar refractivity (Wildman–Crippen MR) is 183 cm³/mol. The van der Waals surface area contributed by atoms with Crippen molar-refractivity contribution in [1.29, 1.82) is 0 Å². The van der Waals surface area contributed by atoms with Crippen LogP contribution >= 0.6 is 0 Å². The molecule has 0 spiro atoms. The van der Waals surface area contributed by atoms with E-state index < -0.39 is 12.1 Å². The number of hydrogen-bond acceptors (Lipinski definition) is 4. The van der Waals surface area contributed by atoms with Crippen molar-refractivity contribution in [3.8, 4) is 0 Å². The zero-order valence-corrected chi connectivity index (χ0v) is 26.8. The van der Waals surface area contributed by atoms with Crippen LogP contribution in [0.15, 0.2) is 132 Å². The van der Waals surface area contributed by atoms with E-state index in [-0.39, 0.29) is 30.1 Å². The molecule has 0 saturated heterocycles. The number of ether oxygens (including phenoxy) is 1. The Balaban J connectivity index is 1.81. The lowest BCUT2D eigenvalue weighted by Crippen LogP contribution is -2.43. The van der Waals surface area contributed by atoms with Gasteiger partial charge in [0.25, 0.3) is 0 Å². The van der Waals surface area contributed by atoms with Gasteiger partial charge in [-0.25, -0.2) is 4.79 Å². The first-order chi connectivity index (χ1) is 21.9. The Hall–Kier alpha value is -4.38. The van der Waals surface area contributed by atoms with Crippen molar-refractivity contribution in [3.63, 3.8) is 0 Å². The molecule has 3 rings (SSSR count). The van der Waals surface area contributed by atoms with Crippen LogP contribution < -0.4 is 5.32 Å². The number of allylic oxidation sites excluding steroid dienone is 8. The highest BCUT2D eigenvalue weighted by Gasteiger charge is 2.32. The Morgan fingerprint density at radius 3 is 2.60 bits per heavy atom. The van der Waals surface area contributed by atoms with Gasteiger partial charge in [-0.3, -0.25) is 4.79 Å². The molecule has 6 nitrogen and oxygen atoms in total. The molecule has 0 bridgehead atoms. The van der Waals surface area contributed by atoms with Crippen LogP contribution in [0.2, 0.25) is 0 Å². The second-order valence-corrected chi connectivity index (χ2v) is 11.3. The Kier molecular flexibility index (Phi) is 14.9. The standard InChI is InChI=1S/C39H48N2O4/c1-5-8-17-30(4)45-39(44)41(27-26-31-18-11-9-12-19-31)28-32-20-15-21-34(25-24-32)35-22-13-10-14-23-36(35)38(43)40-37(29-42)33(7-3)16-6-2/h5-9,11-12,16-21,24-25,35-37,42H,1,4,10,13-14,22-23,26-29H2,2-3H3,(H,40,43)/b16-6-,17-8-,33-7+. The van der Waals surface area contributed by atoms with E-state index in [2.05, 4.69) is 30.3 Å². The molecular weight excluding hydrogens is 560 g/mol. The SMILES string of the molecule is C=C/C=C\C(=C)OC(=O)N(CCc1ccccc1)CC1=CC=C(C2CCCCCC2C(=O)NC(CO)C(/C=C\C)=C/C)C=C=C1. The number of benzene rings is 1. The van der Waals surface area contributed by atoms with Gasteiger partial charge in [-0.2, -0.15) is 0 Å². The molecule has 6 heteroatoms. The first kappa shape index (κ1) is 35.1. The highest BCUT2D eigenvalue weighted by molar-refractivity contribution is 5.80. The second kappa shape index (κ2) is 19.1. The Bertz CT molecular complexity index is 1390. The zero-order chi connectivity index (χ0) is 32.4. The van der Waals surface area contributed by atoms with Gasteiger partial charge >= 0.3 is 6.09 Å². The number of nitrogens with one attached hydrogen (secondary N) is 1. The number of nitrogens with zero attached hydrogens (tertiary/aromatic N) is 1. The minimum atomic E-state index is -0.478. The average molecular weight is 609 g/mol. The number of rotatable bonds is 14. The fourth-order valence-electron chi connectivity index (χ4n) is 5.76. The quantitative estimate of drug-likeness (QED) is 0.0982. The molecule has 1 saturated carbocycles. The van der Waals surface area contributed by atoms with Gasteiger partial charge in [-0.05, 0) is 79.5 Å². The Labute approximate surface area is 269 Å². The van der Waals surface area contributed by atoms with Crippen molar-refractivity contribution in [1.82, 2.24) is 10.2 Å². The minimum absolute atomic E-state index is 0.0261. The zero-order valence-electron chi connectivity index (χ0n) is 26.8. The number of carbonyl (C=O) groups excluding carboxylic acids is 2. The first-order valence-electron chi connectivity index (χ1n) is 15.9. The Morgan fingerprint density at radius 1 is 1.11 bits per heavy atom. The second-order valence-electron chi connectivity index (χ2n) is 11.3. The molecule has 2 aliphatic carbocycles. The molecule has 238 valence electrons. The number of hydrogen-bond donors (Lipinski definition) is 2. The van der Waals surface area contributed by atoms with E-state index in [9.17, 15) is 14.7 Å². The van der Waals surface area contributed by atoms with Gasteiger partial charge < -0.3 is 20.1 Å². The van der Waals surface area contributed by atoms with E-state index >= 15 is 0 Å². The van der Waals surface area contributed by atoms with E-state index in [0.717, 1.165) is 54.4 Å². The summed E-state index contributed by atoms with van der Waals surface area (Å²) in [6.07, 6.45) is 23.6. The monoisotopic (exact) mass is 608 g/mol. The predicted octanol–water partition coefficient (Wildman–Crippen LogP) is 7.70. The molecule has 2 N–H and O–H groups in total. The van der Waals surface area contributed by atoms with Crippen LogP contribution in [0.1, 0.15) is 51.5 Å². The molecule has 0 aliphatic heterocycles. The summed E-state index contributed by atoms with van der Waals surface area (Å²) in [5.74, 6) is 0.0253. The largest absolute Gasteiger partial charge is 0.415 e.